The highest BCUT2D eigenvalue weighted by atomic mass is 16.5. The number of carbonyl (C=O) groups excluding carboxylic acids is 4. The molecular weight excluding hydrogens is 748 g/mol. The molecule has 2 fully saturated rings. The molecule has 2 aromatic heterocycles. The minimum Gasteiger partial charge on any atom is -0.496 e. The maximum atomic E-state index is 13.1. The number of likely N-dealkylation sites (tertiary alicyclic amines) is 1. The van der Waals surface area contributed by atoms with Crippen molar-refractivity contribution in [3.05, 3.63) is 93.9 Å². The molecule has 4 amide bonds. The van der Waals surface area contributed by atoms with Gasteiger partial charge in [0.05, 0.1) is 61.3 Å². The van der Waals surface area contributed by atoms with Gasteiger partial charge in [0.2, 0.25) is 11.8 Å². The Hall–Kier alpha value is -6.30. The Labute approximate surface area is 333 Å². The second-order valence-electron chi connectivity index (χ2n) is 14.6. The van der Waals surface area contributed by atoms with E-state index in [1.807, 2.05) is 35.6 Å². The van der Waals surface area contributed by atoms with Crippen molar-refractivity contribution in [3.63, 3.8) is 0 Å². The number of carbonyl (C=O) groups is 4. The number of nitrogens with one attached hydrogen (secondary N) is 3. The third-order valence-electron chi connectivity index (χ3n) is 10.9. The van der Waals surface area contributed by atoms with Crippen LogP contribution in [0.2, 0.25) is 0 Å². The summed E-state index contributed by atoms with van der Waals surface area (Å²) in [6.07, 6.45) is 8.79. The summed E-state index contributed by atoms with van der Waals surface area (Å²) in [5.41, 5.74) is 10.1. The fourth-order valence-corrected chi connectivity index (χ4v) is 7.90. The Morgan fingerprint density at radius 3 is 2.48 bits per heavy atom. The lowest BCUT2D eigenvalue weighted by atomic mass is 9.99. The minimum absolute atomic E-state index is 0.0394. The second kappa shape index (κ2) is 16.3. The summed E-state index contributed by atoms with van der Waals surface area (Å²) in [6, 6.07) is 9.50. The van der Waals surface area contributed by atoms with E-state index in [0.29, 0.717) is 55.4 Å². The molecule has 8 rings (SSSR count). The van der Waals surface area contributed by atoms with Crippen molar-refractivity contribution >= 4 is 34.4 Å². The van der Waals surface area contributed by atoms with Gasteiger partial charge < -0.3 is 28.9 Å². The van der Waals surface area contributed by atoms with Crippen molar-refractivity contribution in [1.82, 2.24) is 40.6 Å². The lowest BCUT2D eigenvalue weighted by Crippen LogP contribution is -2.54. The third kappa shape index (κ3) is 7.58. The minimum atomic E-state index is -1.02. The summed E-state index contributed by atoms with van der Waals surface area (Å²) in [4.78, 5) is 70.1. The van der Waals surface area contributed by atoms with Gasteiger partial charge in [0.25, 0.3) is 17.4 Å². The van der Waals surface area contributed by atoms with Gasteiger partial charge >= 0.3 is 0 Å². The van der Waals surface area contributed by atoms with Crippen LogP contribution in [0.3, 0.4) is 0 Å². The van der Waals surface area contributed by atoms with E-state index in [0.717, 1.165) is 52.2 Å². The third-order valence-corrected chi connectivity index (χ3v) is 10.9. The average molecular weight is 793 g/mol. The zero-order valence-electron chi connectivity index (χ0n) is 32.4. The van der Waals surface area contributed by atoms with Crippen LogP contribution in [0.15, 0.2) is 71.7 Å². The molecule has 302 valence electrons. The standard InChI is InChI=1S/C41H44N8O9/c1-46-21-32(28-9-11-42-18-31(28)39(46)52)24-15-35(55-2)33(36(16-24)56-3)22-47-13-10-27(20-47)58-23-25-19-48(45-44-25)12-4-14-57-26-5-6-29-30(17-26)41(54)49(40(29)53)34-7-8-37(50)43-38(34)51/h5-6,9,11,15-19,21,27,34,44-45H,4,7-8,10,12-14,20,22-23H2,1-3H3,(H,43,50,51). The van der Waals surface area contributed by atoms with Gasteiger partial charge in [-0.2, -0.15) is 0 Å². The number of amides is 4. The topological polar surface area (TPSA) is 186 Å². The molecule has 58 heavy (non-hydrogen) atoms. The van der Waals surface area contributed by atoms with Gasteiger partial charge in [-0.3, -0.25) is 49.1 Å². The molecule has 4 aromatic rings. The number of hydrogen-bond donors (Lipinski definition) is 3. The van der Waals surface area contributed by atoms with Gasteiger partial charge in [0.15, 0.2) is 0 Å². The molecular formula is C41H44N8O9. The van der Waals surface area contributed by atoms with Gasteiger partial charge in [0, 0.05) is 76.4 Å². The van der Waals surface area contributed by atoms with E-state index in [4.69, 9.17) is 18.9 Å². The predicted molar refractivity (Wildman–Crippen MR) is 209 cm³/mol. The fourth-order valence-electron chi connectivity index (χ4n) is 7.90. The van der Waals surface area contributed by atoms with E-state index in [9.17, 15) is 24.0 Å². The Balaban J connectivity index is 0.806. The Morgan fingerprint density at radius 2 is 1.71 bits per heavy atom. The average Bonchev–Trinajstić information content (AvgIpc) is 3.95. The molecule has 2 saturated heterocycles. The summed E-state index contributed by atoms with van der Waals surface area (Å²) in [7, 11) is 5.03. The molecule has 0 spiro atoms. The highest BCUT2D eigenvalue weighted by Gasteiger charge is 2.44. The Kier molecular flexibility index (Phi) is 10.8. The van der Waals surface area contributed by atoms with Crippen molar-refractivity contribution in [2.75, 3.05) is 47.1 Å². The molecule has 0 radical (unpaired) electrons. The lowest BCUT2D eigenvalue weighted by Gasteiger charge is -2.27. The van der Waals surface area contributed by atoms with Crippen molar-refractivity contribution in [3.8, 4) is 28.4 Å². The van der Waals surface area contributed by atoms with E-state index in [1.165, 1.54) is 12.1 Å². The zero-order valence-corrected chi connectivity index (χ0v) is 32.4. The molecule has 0 saturated carbocycles. The largest absolute Gasteiger partial charge is 0.496 e. The highest BCUT2D eigenvalue weighted by molar-refractivity contribution is 6.23. The molecule has 0 bridgehead atoms. The van der Waals surface area contributed by atoms with Gasteiger partial charge in [-0.05, 0) is 60.2 Å². The number of pyridine rings is 2. The van der Waals surface area contributed by atoms with Crippen LogP contribution in [0.4, 0.5) is 0 Å². The molecule has 2 aromatic carbocycles. The van der Waals surface area contributed by atoms with Crippen LogP contribution >= 0.6 is 0 Å². The normalized spacial score (nSPS) is 19.4. The van der Waals surface area contributed by atoms with E-state index >= 15 is 0 Å². The summed E-state index contributed by atoms with van der Waals surface area (Å²) in [5, 5.41) is 5.46. The van der Waals surface area contributed by atoms with Gasteiger partial charge in [0.1, 0.15) is 23.3 Å². The monoisotopic (exact) mass is 792 g/mol. The first-order chi connectivity index (χ1) is 28.1. The van der Waals surface area contributed by atoms with Crippen LogP contribution in [-0.4, -0.2) is 107 Å². The zero-order chi connectivity index (χ0) is 40.5. The maximum Gasteiger partial charge on any atom is 0.262 e. The van der Waals surface area contributed by atoms with Crippen molar-refractivity contribution in [1.29, 1.82) is 0 Å². The quantitative estimate of drug-likeness (QED) is 0.125. The summed E-state index contributed by atoms with van der Waals surface area (Å²) < 4.78 is 25.5. The van der Waals surface area contributed by atoms with Crippen LogP contribution in [0, 0.1) is 0 Å². The van der Waals surface area contributed by atoms with Gasteiger partial charge in [-0.1, -0.05) is 0 Å². The molecule has 3 N–H and O–H groups in total. The number of benzene rings is 2. The van der Waals surface area contributed by atoms with Crippen molar-refractivity contribution < 1.29 is 38.1 Å². The number of imide groups is 2. The molecule has 4 aliphatic rings. The van der Waals surface area contributed by atoms with Gasteiger partial charge in [-0.15, -0.1) is 5.53 Å². The molecule has 6 heterocycles. The number of methoxy groups -OCH3 is 2. The molecule has 17 heteroatoms. The molecule has 2 unspecified atom stereocenters. The number of nitrogens with zero attached hydrogens (tertiary/aromatic N) is 5. The molecule has 2 atom stereocenters. The number of ether oxygens (including phenoxy) is 4. The Morgan fingerprint density at radius 1 is 0.914 bits per heavy atom. The van der Waals surface area contributed by atoms with Crippen LogP contribution in [-0.2, 0) is 27.9 Å². The van der Waals surface area contributed by atoms with E-state index < -0.39 is 29.7 Å². The summed E-state index contributed by atoms with van der Waals surface area (Å²) in [5.74, 6) is -0.357. The highest BCUT2D eigenvalue weighted by Crippen LogP contribution is 2.38. The maximum absolute atomic E-state index is 13.1. The van der Waals surface area contributed by atoms with E-state index in [1.54, 1.807) is 44.3 Å². The summed E-state index contributed by atoms with van der Waals surface area (Å²) in [6.45, 7) is 3.59. The Bertz CT molecular complexity index is 2370. The first-order valence-corrected chi connectivity index (χ1v) is 19.1. The van der Waals surface area contributed by atoms with Crippen LogP contribution in [0.1, 0.15) is 52.0 Å². The number of aryl methyl sites for hydroxylation is 1. The number of rotatable bonds is 14. The fraction of sp³-hybridized carbons (Fsp3) is 0.366. The second-order valence-corrected chi connectivity index (χ2v) is 14.6. The lowest BCUT2D eigenvalue weighted by molar-refractivity contribution is -0.136. The molecule has 4 aliphatic heterocycles. The number of fused-ring (bicyclic) bond motifs is 2. The van der Waals surface area contributed by atoms with Crippen molar-refractivity contribution in [2.24, 2.45) is 7.05 Å². The molecule has 17 nitrogen and oxygen atoms in total. The SMILES string of the molecule is COc1cc(-c2cn(C)c(=O)c3cnccc23)cc(OC)c1CN1CCC(OCC2=CN(CCCOc3ccc4c(c3)C(=O)N(C3CCC(=O)NC3=O)C4=O)NN2)C1. The van der Waals surface area contributed by atoms with Gasteiger partial charge in [-0.25, -0.2) is 0 Å². The first-order valence-electron chi connectivity index (χ1n) is 19.1. The van der Waals surface area contributed by atoms with E-state index in [-0.39, 0.29) is 35.6 Å². The molecule has 0 aliphatic carbocycles. The van der Waals surface area contributed by atoms with Crippen LogP contribution in [0.25, 0.3) is 21.9 Å². The first kappa shape index (κ1) is 38.6. The number of piperidine rings is 1. The number of aromatic nitrogens is 2. The van der Waals surface area contributed by atoms with Crippen LogP contribution in [0.5, 0.6) is 17.2 Å². The van der Waals surface area contributed by atoms with E-state index in [2.05, 4.69) is 26.2 Å². The number of hydrogen-bond acceptors (Lipinski definition) is 14. The smallest absolute Gasteiger partial charge is 0.262 e. The number of hydrazine groups is 2. The predicted octanol–water partition coefficient (Wildman–Crippen LogP) is 2.25. The van der Waals surface area contributed by atoms with Crippen molar-refractivity contribution in [2.45, 2.75) is 44.4 Å². The summed E-state index contributed by atoms with van der Waals surface area (Å²) >= 11 is 0. The van der Waals surface area contributed by atoms with Crippen LogP contribution < -0.4 is 36.0 Å².